The van der Waals surface area contributed by atoms with Crippen LogP contribution in [-0.2, 0) is 9.59 Å². The number of nitro groups is 1. The summed E-state index contributed by atoms with van der Waals surface area (Å²) in [5.41, 5.74) is 0.0149. The van der Waals surface area contributed by atoms with E-state index in [9.17, 15) is 29.9 Å². The number of phenols is 1. The van der Waals surface area contributed by atoms with Gasteiger partial charge in [-0.25, -0.2) is 0 Å². The smallest absolute Gasteiger partial charge is 0.311 e. The SMILES string of the molecule is CCCOc1ccc(/C(O)=C2/C(=O)C(=O)N(c3ccc(C#N)cc3)C2c2ccc(O)c([N+](=O)[O-])c2)cc1. The van der Waals surface area contributed by atoms with Crippen molar-refractivity contribution in [3.63, 3.8) is 0 Å². The minimum absolute atomic E-state index is 0.123. The number of carbonyl (C=O) groups excluding carboxylic acids is 2. The van der Waals surface area contributed by atoms with Gasteiger partial charge in [-0.3, -0.25) is 24.6 Å². The van der Waals surface area contributed by atoms with Gasteiger partial charge in [0.2, 0.25) is 0 Å². The summed E-state index contributed by atoms with van der Waals surface area (Å²) in [7, 11) is 0. The monoisotopic (exact) mass is 499 g/mol. The number of Topliss-reactive ketones (excluding diaryl/α,β-unsaturated/α-hetero) is 1. The highest BCUT2D eigenvalue weighted by Gasteiger charge is 2.47. The van der Waals surface area contributed by atoms with Crippen molar-refractivity contribution in [3.8, 4) is 17.6 Å². The second kappa shape index (κ2) is 10.2. The molecule has 3 aromatic carbocycles. The van der Waals surface area contributed by atoms with Gasteiger partial charge in [-0.15, -0.1) is 0 Å². The molecule has 2 N–H and O–H groups in total. The molecule has 10 nitrogen and oxygen atoms in total. The number of nitrogens with zero attached hydrogens (tertiary/aromatic N) is 3. The Morgan fingerprint density at radius 2 is 1.78 bits per heavy atom. The van der Waals surface area contributed by atoms with Crippen LogP contribution in [0.15, 0.2) is 72.3 Å². The highest BCUT2D eigenvalue weighted by atomic mass is 16.6. The van der Waals surface area contributed by atoms with Crippen molar-refractivity contribution in [2.24, 2.45) is 0 Å². The van der Waals surface area contributed by atoms with Gasteiger partial charge in [0.25, 0.3) is 11.7 Å². The standard InChI is InChI=1S/C27H21N3O7/c1-2-13-37-20-10-5-17(6-11-20)25(32)23-24(18-7-12-22(31)21(14-18)30(35)36)29(27(34)26(23)33)19-8-3-16(15-28)4-9-19/h3-12,14,24,31-32H,2,13H2,1H3/b25-23-. The molecule has 1 atom stereocenters. The fourth-order valence-electron chi connectivity index (χ4n) is 4.05. The lowest BCUT2D eigenvalue weighted by atomic mass is 9.94. The van der Waals surface area contributed by atoms with Gasteiger partial charge in [0.05, 0.1) is 34.8 Å². The number of carbonyl (C=O) groups is 2. The fraction of sp³-hybridized carbons (Fsp3) is 0.148. The van der Waals surface area contributed by atoms with E-state index in [4.69, 9.17) is 10.00 Å². The molecule has 3 aromatic rings. The number of ether oxygens (including phenoxy) is 1. The average molecular weight is 499 g/mol. The van der Waals surface area contributed by atoms with Crippen LogP contribution in [0.4, 0.5) is 11.4 Å². The van der Waals surface area contributed by atoms with Gasteiger partial charge in [-0.05, 0) is 66.6 Å². The lowest BCUT2D eigenvalue weighted by Crippen LogP contribution is -2.29. The van der Waals surface area contributed by atoms with E-state index < -0.39 is 39.9 Å². The first-order valence-corrected chi connectivity index (χ1v) is 11.3. The van der Waals surface area contributed by atoms with Crippen molar-refractivity contribution in [2.45, 2.75) is 19.4 Å². The highest BCUT2D eigenvalue weighted by Crippen LogP contribution is 2.44. The molecule has 186 valence electrons. The summed E-state index contributed by atoms with van der Waals surface area (Å²) < 4.78 is 5.55. The highest BCUT2D eigenvalue weighted by molar-refractivity contribution is 6.51. The van der Waals surface area contributed by atoms with Gasteiger partial charge >= 0.3 is 5.69 Å². The third-order valence-corrected chi connectivity index (χ3v) is 5.83. The predicted molar refractivity (Wildman–Crippen MR) is 133 cm³/mol. The van der Waals surface area contributed by atoms with Gasteiger partial charge in [-0.2, -0.15) is 5.26 Å². The first-order chi connectivity index (χ1) is 17.8. The van der Waals surface area contributed by atoms with E-state index in [1.54, 1.807) is 12.1 Å². The van der Waals surface area contributed by atoms with Crippen LogP contribution in [0.25, 0.3) is 5.76 Å². The van der Waals surface area contributed by atoms with Crippen LogP contribution in [0.3, 0.4) is 0 Å². The third kappa shape index (κ3) is 4.70. The number of hydrogen-bond donors (Lipinski definition) is 2. The van der Waals surface area contributed by atoms with Gasteiger partial charge in [-0.1, -0.05) is 13.0 Å². The molecule has 10 heteroatoms. The number of anilines is 1. The Labute approximate surface area is 211 Å². The number of benzene rings is 3. The van der Waals surface area contributed by atoms with Crippen LogP contribution in [0.2, 0.25) is 0 Å². The maximum Gasteiger partial charge on any atom is 0.311 e. The zero-order chi connectivity index (χ0) is 26.7. The predicted octanol–water partition coefficient (Wildman–Crippen LogP) is 4.59. The van der Waals surface area contributed by atoms with E-state index in [0.717, 1.165) is 23.5 Å². The first-order valence-electron chi connectivity index (χ1n) is 11.3. The summed E-state index contributed by atoms with van der Waals surface area (Å²) in [4.78, 5) is 38.2. The number of rotatable bonds is 7. The lowest BCUT2D eigenvalue weighted by Gasteiger charge is -2.25. The number of hydrogen-bond acceptors (Lipinski definition) is 8. The van der Waals surface area contributed by atoms with E-state index >= 15 is 0 Å². The minimum atomic E-state index is -1.25. The Bertz CT molecular complexity index is 1450. The number of nitriles is 1. The molecular weight excluding hydrogens is 478 g/mol. The number of aromatic hydroxyl groups is 1. The summed E-state index contributed by atoms with van der Waals surface area (Å²) in [5.74, 6) is -2.46. The van der Waals surface area contributed by atoms with Crippen LogP contribution >= 0.6 is 0 Å². The van der Waals surface area contributed by atoms with Crippen LogP contribution in [-0.4, -0.2) is 33.4 Å². The summed E-state index contributed by atoms with van der Waals surface area (Å²) in [5, 5.41) is 41.7. The number of nitro benzene ring substituents is 1. The van der Waals surface area contributed by atoms with Gasteiger partial charge in [0.15, 0.2) is 5.75 Å². The van der Waals surface area contributed by atoms with E-state index in [2.05, 4.69) is 0 Å². The van der Waals surface area contributed by atoms with E-state index in [1.165, 1.54) is 42.5 Å². The Morgan fingerprint density at radius 1 is 1.11 bits per heavy atom. The molecule has 1 aliphatic rings. The molecule has 1 fully saturated rings. The van der Waals surface area contributed by atoms with Crippen molar-refractivity contribution in [2.75, 3.05) is 11.5 Å². The largest absolute Gasteiger partial charge is 0.507 e. The number of phenolic OH excluding ortho intramolecular Hbond substituents is 1. The molecular formula is C27H21N3O7. The minimum Gasteiger partial charge on any atom is -0.507 e. The van der Waals surface area contributed by atoms with Crippen LogP contribution in [0, 0.1) is 21.4 Å². The Hall–Kier alpha value is -5.17. The lowest BCUT2D eigenvalue weighted by molar-refractivity contribution is -0.385. The van der Waals surface area contributed by atoms with Crippen LogP contribution in [0.1, 0.15) is 36.1 Å². The van der Waals surface area contributed by atoms with E-state index in [-0.39, 0.29) is 22.4 Å². The van der Waals surface area contributed by atoms with Crippen LogP contribution in [0.5, 0.6) is 11.5 Å². The molecule has 0 aliphatic carbocycles. The third-order valence-electron chi connectivity index (χ3n) is 5.83. The number of aliphatic hydroxyl groups excluding tert-OH is 1. The summed E-state index contributed by atoms with van der Waals surface area (Å²) in [6, 6.07) is 16.3. The Morgan fingerprint density at radius 3 is 2.38 bits per heavy atom. The molecule has 1 heterocycles. The summed E-state index contributed by atoms with van der Waals surface area (Å²) in [6.45, 7) is 2.46. The second-order valence-corrected chi connectivity index (χ2v) is 8.21. The second-order valence-electron chi connectivity index (χ2n) is 8.21. The maximum absolute atomic E-state index is 13.2. The van der Waals surface area contributed by atoms with E-state index in [1.807, 2.05) is 13.0 Å². The Balaban J connectivity index is 1.90. The fourth-order valence-corrected chi connectivity index (χ4v) is 4.05. The number of aliphatic hydroxyl groups is 1. The Kier molecular flexibility index (Phi) is 6.88. The van der Waals surface area contributed by atoms with Gasteiger partial charge < -0.3 is 14.9 Å². The van der Waals surface area contributed by atoms with E-state index in [0.29, 0.717) is 17.9 Å². The molecule has 0 spiro atoms. The first kappa shape index (κ1) is 24.9. The van der Waals surface area contributed by atoms with Crippen molar-refractivity contribution in [3.05, 3.63) is 99.1 Å². The zero-order valence-corrected chi connectivity index (χ0v) is 19.6. The summed E-state index contributed by atoms with van der Waals surface area (Å²) in [6.07, 6.45) is 0.805. The van der Waals surface area contributed by atoms with Crippen molar-refractivity contribution < 1.29 is 29.5 Å². The van der Waals surface area contributed by atoms with Gasteiger partial charge in [0, 0.05) is 17.3 Å². The quantitative estimate of drug-likeness (QED) is 0.157. The van der Waals surface area contributed by atoms with Crippen molar-refractivity contribution in [1.29, 1.82) is 5.26 Å². The molecule has 0 aromatic heterocycles. The zero-order valence-electron chi connectivity index (χ0n) is 19.6. The average Bonchev–Trinajstić information content (AvgIpc) is 3.17. The number of amides is 1. The molecule has 37 heavy (non-hydrogen) atoms. The van der Waals surface area contributed by atoms with Gasteiger partial charge in [0.1, 0.15) is 11.5 Å². The molecule has 1 unspecified atom stereocenters. The van der Waals surface area contributed by atoms with Crippen molar-refractivity contribution >= 4 is 28.8 Å². The normalized spacial score (nSPS) is 16.4. The molecule has 1 saturated heterocycles. The van der Waals surface area contributed by atoms with Crippen LogP contribution < -0.4 is 9.64 Å². The molecule has 0 saturated carbocycles. The topological polar surface area (TPSA) is 154 Å². The van der Waals surface area contributed by atoms with Crippen molar-refractivity contribution in [1.82, 2.24) is 0 Å². The molecule has 1 aliphatic heterocycles. The summed E-state index contributed by atoms with van der Waals surface area (Å²) >= 11 is 0. The molecule has 0 radical (unpaired) electrons. The molecule has 4 rings (SSSR count). The number of ketones is 1. The maximum atomic E-state index is 13.2. The molecule has 1 amide bonds. The molecule has 0 bridgehead atoms.